The fourth-order valence-corrected chi connectivity index (χ4v) is 2.74. The van der Waals surface area contributed by atoms with Crippen LogP contribution in [0.4, 0.5) is 0 Å². The zero-order valence-corrected chi connectivity index (χ0v) is 12.9. The molecule has 4 heteroatoms. The zero-order valence-electron chi connectivity index (χ0n) is 12.9. The van der Waals surface area contributed by atoms with E-state index in [0.717, 1.165) is 29.0 Å². The molecule has 21 heavy (non-hydrogen) atoms. The Hall–Kier alpha value is -2.20. The highest BCUT2D eigenvalue weighted by Gasteiger charge is 2.11. The molecule has 108 valence electrons. The summed E-state index contributed by atoms with van der Waals surface area (Å²) in [5.41, 5.74) is 6.63. The molecule has 1 aromatic carbocycles. The predicted molar refractivity (Wildman–Crippen MR) is 85.8 cm³/mol. The average molecular weight is 280 g/mol. The molecule has 2 aromatic heterocycles. The van der Waals surface area contributed by atoms with Crippen LogP contribution >= 0.6 is 0 Å². The van der Waals surface area contributed by atoms with Crippen molar-refractivity contribution in [1.82, 2.24) is 20.1 Å². The molecule has 0 aliphatic rings. The van der Waals surface area contributed by atoms with Gasteiger partial charge in [-0.1, -0.05) is 6.07 Å². The van der Waals surface area contributed by atoms with Crippen LogP contribution in [0, 0.1) is 20.8 Å². The third-order valence-corrected chi connectivity index (χ3v) is 3.60. The van der Waals surface area contributed by atoms with Gasteiger partial charge in [-0.3, -0.25) is 0 Å². The van der Waals surface area contributed by atoms with Crippen LogP contribution in [0.25, 0.3) is 16.7 Å². The highest BCUT2D eigenvalue weighted by molar-refractivity contribution is 5.80. The summed E-state index contributed by atoms with van der Waals surface area (Å²) in [7, 11) is 1.94. The van der Waals surface area contributed by atoms with E-state index in [4.69, 9.17) is 0 Å². The number of nitrogens with zero attached hydrogens (tertiary/aromatic N) is 3. The molecule has 2 heterocycles. The Bertz CT molecular complexity index is 782. The van der Waals surface area contributed by atoms with E-state index in [1.807, 2.05) is 24.9 Å². The van der Waals surface area contributed by atoms with Crippen LogP contribution in [0.2, 0.25) is 0 Å². The number of pyridine rings is 1. The van der Waals surface area contributed by atoms with E-state index >= 15 is 0 Å². The van der Waals surface area contributed by atoms with Gasteiger partial charge in [-0.2, -0.15) is 5.10 Å². The van der Waals surface area contributed by atoms with Crippen LogP contribution in [0.5, 0.6) is 0 Å². The lowest BCUT2D eigenvalue weighted by molar-refractivity contribution is 0.814. The molecule has 0 spiro atoms. The number of hydrogen-bond acceptors (Lipinski definition) is 3. The standard InChI is InChI=1S/C17H20N4/c1-11-5-12(2)7-15(6-11)21-17-16(13(3)20-21)8-14(9-18-4)10-19-17/h5-8,10,18H,9H2,1-4H3. The Balaban J connectivity index is 2.19. The maximum absolute atomic E-state index is 4.68. The van der Waals surface area contributed by atoms with Gasteiger partial charge in [-0.15, -0.1) is 0 Å². The topological polar surface area (TPSA) is 42.7 Å². The van der Waals surface area contributed by atoms with Gasteiger partial charge in [0.05, 0.1) is 11.4 Å². The Morgan fingerprint density at radius 2 is 1.76 bits per heavy atom. The molecule has 1 N–H and O–H groups in total. The van der Waals surface area contributed by atoms with Crippen molar-refractivity contribution in [3.8, 4) is 5.69 Å². The van der Waals surface area contributed by atoms with Crippen LogP contribution in [0.1, 0.15) is 22.4 Å². The lowest BCUT2D eigenvalue weighted by Gasteiger charge is -2.06. The van der Waals surface area contributed by atoms with E-state index < -0.39 is 0 Å². The molecule has 0 amide bonds. The SMILES string of the molecule is CNCc1cnc2c(c1)c(C)nn2-c1cc(C)cc(C)c1. The Morgan fingerprint density at radius 3 is 2.43 bits per heavy atom. The van der Waals surface area contributed by atoms with Crippen LogP contribution in [0.15, 0.2) is 30.5 Å². The molecular formula is C17H20N4. The monoisotopic (exact) mass is 280 g/mol. The Morgan fingerprint density at radius 1 is 1.05 bits per heavy atom. The summed E-state index contributed by atoms with van der Waals surface area (Å²) >= 11 is 0. The quantitative estimate of drug-likeness (QED) is 0.802. The fourth-order valence-electron chi connectivity index (χ4n) is 2.74. The number of aryl methyl sites for hydroxylation is 3. The number of rotatable bonds is 3. The summed E-state index contributed by atoms with van der Waals surface area (Å²) in [6.45, 7) is 7.06. The lowest BCUT2D eigenvalue weighted by atomic mass is 10.1. The van der Waals surface area contributed by atoms with Gasteiger partial charge in [0.25, 0.3) is 0 Å². The van der Waals surface area contributed by atoms with Gasteiger partial charge in [0.15, 0.2) is 5.65 Å². The summed E-state index contributed by atoms with van der Waals surface area (Å²) in [5.74, 6) is 0. The van der Waals surface area contributed by atoms with Gasteiger partial charge in [-0.25, -0.2) is 9.67 Å². The van der Waals surface area contributed by atoms with E-state index in [0.29, 0.717) is 0 Å². The lowest BCUT2D eigenvalue weighted by Crippen LogP contribution is -2.05. The molecule has 0 saturated heterocycles. The molecule has 0 bridgehead atoms. The molecule has 3 aromatic rings. The molecule has 0 aliphatic carbocycles. The van der Waals surface area contributed by atoms with Crippen molar-refractivity contribution in [3.63, 3.8) is 0 Å². The molecule has 0 unspecified atom stereocenters. The minimum absolute atomic E-state index is 0.817. The van der Waals surface area contributed by atoms with Crippen molar-refractivity contribution in [2.75, 3.05) is 7.05 Å². The highest BCUT2D eigenvalue weighted by Crippen LogP contribution is 2.22. The Labute approximate surface area is 124 Å². The summed E-state index contributed by atoms with van der Waals surface area (Å²) in [5, 5.41) is 8.94. The molecular weight excluding hydrogens is 260 g/mol. The van der Waals surface area contributed by atoms with Gasteiger partial charge in [0, 0.05) is 18.1 Å². The fraction of sp³-hybridized carbons (Fsp3) is 0.294. The second-order valence-corrected chi connectivity index (χ2v) is 5.59. The average Bonchev–Trinajstić information content (AvgIpc) is 2.75. The van der Waals surface area contributed by atoms with Crippen LogP contribution in [-0.4, -0.2) is 21.8 Å². The number of aromatic nitrogens is 3. The largest absolute Gasteiger partial charge is 0.316 e. The second kappa shape index (κ2) is 5.30. The van der Waals surface area contributed by atoms with E-state index in [-0.39, 0.29) is 0 Å². The predicted octanol–water partition coefficient (Wildman–Crippen LogP) is 3.07. The minimum atomic E-state index is 0.817. The minimum Gasteiger partial charge on any atom is -0.316 e. The second-order valence-electron chi connectivity index (χ2n) is 5.59. The van der Waals surface area contributed by atoms with Gasteiger partial charge < -0.3 is 5.32 Å². The molecule has 3 rings (SSSR count). The first-order valence-electron chi connectivity index (χ1n) is 7.16. The first-order chi connectivity index (χ1) is 10.1. The maximum Gasteiger partial charge on any atom is 0.163 e. The number of benzene rings is 1. The zero-order chi connectivity index (χ0) is 15.0. The molecule has 0 fully saturated rings. The summed E-state index contributed by atoms with van der Waals surface area (Å²) in [6.07, 6.45) is 1.92. The summed E-state index contributed by atoms with van der Waals surface area (Å²) in [4.78, 5) is 4.62. The number of fused-ring (bicyclic) bond motifs is 1. The van der Waals surface area contributed by atoms with Crippen molar-refractivity contribution < 1.29 is 0 Å². The van der Waals surface area contributed by atoms with Crippen LogP contribution < -0.4 is 5.32 Å². The molecule has 0 aliphatic heterocycles. The van der Waals surface area contributed by atoms with Crippen molar-refractivity contribution >= 4 is 11.0 Å². The highest BCUT2D eigenvalue weighted by atomic mass is 15.3. The van der Waals surface area contributed by atoms with Gasteiger partial charge in [0.1, 0.15) is 0 Å². The number of nitrogens with one attached hydrogen (secondary N) is 1. The van der Waals surface area contributed by atoms with Crippen LogP contribution in [-0.2, 0) is 6.54 Å². The van der Waals surface area contributed by atoms with E-state index in [1.54, 1.807) is 0 Å². The first kappa shape index (κ1) is 13.8. The molecule has 0 saturated carbocycles. The van der Waals surface area contributed by atoms with E-state index in [1.165, 1.54) is 16.7 Å². The summed E-state index contributed by atoms with van der Waals surface area (Å²) in [6, 6.07) is 8.62. The van der Waals surface area contributed by atoms with Crippen molar-refractivity contribution in [2.24, 2.45) is 0 Å². The smallest absolute Gasteiger partial charge is 0.163 e. The molecule has 0 radical (unpaired) electrons. The molecule has 4 nitrogen and oxygen atoms in total. The van der Waals surface area contributed by atoms with Gasteiger partial charge >= 0.3 is 0 Å². The maximum atomic E-state index is 4.68. The van der Waals surface area contributed by atoms with Crippen molar-refractivity contribution in [1.29, 1.82) is 0 Å². The third-order valence-electron chi connectivity index (χ3n) is 3.60. The number of hydrogen-bond donors (Lipinski definition) is 1. The third kappa shape index (κ3) is 2.54. The van der Waals surface area contributed by atoms with E-state index in [9.17, 15) is 0 Å². The molecule has 0 atom stereocenters. The first-order valence-corrected chi connectivity index (χ1v) is 7.16. The normalized spacial score (nSPS) is 11.2. The van der Waals surface area contributed by atoms with E-state index in [2.05, 4.69) is 53.5 Å². The van der Waals surface area contributed by atoms with Crippen LogP contribution in [0.3, 0.4) is 0 Å². The van der Waals surface area contributed by atoms with Gasteiger partial charge in [-0.05, 0) is 62.7 Å². The van der Waals surface area contributed by atoms with Crippen molar-refractivity contribution in [3.05, 3.63) is 52.8 Å². The summed E-state index contributed by atoms with van der Waals surface area (Å²) < 4.78 is 1.94. The van der Waals surface area contributed by atoms with Crippen molar-refractivity contribution in [2.45, 2.75) is 27.3 Å². The Kier molecular flexibility index (Phi) is 3.47. The van der Waals surface area contributed by atoms with Gasteiger partial charge in [0.2, 0.25) is 0 Å².